The SMILES string of the molecule is CC(C)CC(CO)OCC(O)CN1CC1C. The summed E-state index contributed by atoms with van der Waals surface area (Å²) in [4.78, 5) is 2.20. The van der Waals surface area contributed by atoms with E-state index in [1.165, 1.54) is 0 Å². The van der Waals surface area contributed by atoms with Crippen molar-refractivity contribution in [2.24, 2.45) is 5.92 Å². The second-order valence-corrected chi connectivity index (χ2v) is 5.22. The average molecular weight is 231 g/mol. The molecule has 0 radical (unpaired) electrons. The molecule has 0 aromatic rings. The van der Waals surface area contributed by atoms with Crippen LogP contribution in [0.3, 0.4) is 0 Å². The molecule has 0 amide bonds. The van der Waals surface area contributed by atoms with Crippen LogP contribution < -0.4 is 0 Å². The Morgan fingerprint density at radius 1 is 1.44 bits per heavy atom. The van der Waals surface area contributed by atoms with Crippen LogP contribution in [0.1, 0.15) is 27.2 Å². The number of hydrogen-bond acceptors (Lipinski definition) is 4. The molecule has 1 rings (SSSR count). The molecule has 0 aromatic heterocycles. The zero-order valence-electron chi connectivity index (χ0n) is 10.6. The van der Waals surface area contributed by atoms with Gasteiger partial charge in [-0.3, -0.25) is 4.90 Å². The summed E-state index contributed by atoms with van der Waals surface area (Å²) in [6.07, 6.45) is 0.260. The van der Waals surface area contributed by atoms with Gasteiger partial charge in [-0.2, -0.15) is 0 Å². The van der Waals surface area contributed by atoms with Gasteiger partial charge in [-0.15, -0.1) is 0 Å². The van der Waals surface area contributed by atoms with E-state index in [-0.39, 0.29) is 12.7 Å². The maximum atomic E-state index is 9.71. The standard InChI is InChI=1S/C12H25NO3/c1-9(2)4-12(7-14)16-8-11(15)6-13-5-10(13)3/h9-12,14-15H,4-8H2,1-3H3. The molecule has 4 unspecified atom stereocenters. The number of aliphatic hydroxyl groups excluding tert-OH is 2. The van der Waals surface area contributed by atoms with Gasteiger partial charge in [0.2, 0.25) is 0 Å². The van der Waals surface area contributed by atoms with Gasteiger partial charge in [0.15, 0.2) is 0 Å². The minimum absolute atomic E-state index is 0.0328. The second-order valence-electron chi connectivity index (χ2n) is 5.22. The number of rotatable bonds is 8. The van der Waals surface area contributed by atoms with E-state index in [2.05, 4.69) is 25.7 Å². The molecule has 0 bridgehead atoms. The quantitative estimate of drug-likeness (QED) is 0.596. The molecule has 4 nitrogen and oxygen atoms in total. The highest BCUT2D eigenvalue weighted by atomic mass is 16.5. The van der Waals surface area contributed by atoms with Crippen molar-refractivity contribution in [2.75, 3.05) is 26.3 Å². The van der Waals surface area contributed by atoms with Crippen molar-refractivity contribution >= 4 is 0 Å². The molecule has 0 aromatic carbocycles. The van der Waals surface area contributed by atoms with Gasteiger partial charge in [0.25, 0.3) is 0 Å². The lowest BCUT2D eigenvalue weighted by Gasteiger charge is -2.20. The first-order chi connectivity index (χ1) is 7.52. The Hall–Kier alpha value is -0.160. The van der Waals surface area contributed by atoms with E-state index in [1.807, 2.05) is 0 Å². The Morgan fingerprint density at radius 3 is 2.50 bits per heavy atom. The molecule has 1 heterocycles. The molecule has 0 spiro atoms. The van der Waals surface area contributed by atoms with Crippen LogP contribution in [0.5, 0.6) is 0 Å². The number of nitrogens with zero attached hydrogens (tertiary/aromatic N) is 1. The first kappa shape index (κ1) is 13.9. The fraction of sp³-hybridized carbons (Fsp3) is 1.00. The number of aliphatic hydroxyl groups is 2. The van der Waals surface area contributed by atoms with Gasteiger partial charge in [0.05, 0.1) is 25.4 Å². The van der Waals surface area contributed by atoms with Crippen LogP contribution in [-0.2, 0) is 4.74 Å². The molecular formula is C12H25NO3. The normalized spacial score (nSPS) is 28.1. The van der Waals surface area contributed by atoms with Gasteiger partial charge < -0.3 is 14.9 Å². The zero-order chi connectivity index (χ0) is 12.1. The molecule has 96 valence electrons. The van der Waals surface area contributed by atoms with Crippen molar-refractivity contribution in [3.8, 4) is 0 Å². The van der Waals surface area contributed by atoms with E-state index in [9.17, 15) is 5.11 Å². The monoisotopic (exact) mass is 231 g/mol. The Bertz CT molecular complexity index is 199. The molecule has 1 fully saturated rings. The van der Waals surface area contributed by atoms with Gasteiger partial charge >= 0.3 is 0 Å². The van der Waals surface area contributed by atoms with Crippen LogP contribution in [-0.4, -0.2) is 59.7 Å². The van der Waals surface area contributed by atoms with Crippen LogP contribution in [0.2, 0.25) is 0 Å². The molecule has 4 heteroatoms. The molecule has 0 saturated carbocycles. The lowest BCUT2D eigenvalue weighted by atomic mass is 10.1. The van der Waals surface area contributed by atoms with Crippen LogP contribution in [0.15, 0.2) is 0 Å². The smallest absolute Gasteiger partial charge is 0.0900 e. The van der Waals surface area contributed by atoms with E-state index < -0.39 is 6.10 Å². The molecule has 1 saturated heterocycles. The Kier molecular flexibility index (Phi) is 5.69. The lowest BCUT2D eigenvalue weighted by Crippen LogP contribution is -2.30. The summed E-state index contributed by atoms with van der Waals surface area (Å²) >= 11 is 0. The van der Waals surface area contributed by atoms with Crippen LogP contribution in [0, 0.1) is 5.92 Å². The van der Waals surface area contributed by atoms with Crippen LogP contribution >= 0.6 is 0 Å². The largest absolute Gasteiger partial charge is 0.394 e. The molecular weight excluding hydrogens is 206 g/mol. The van der Waals surface area contributed by atoms with E-state index in [4.69, 9.17) is 9.84 Å². The number of ether oxygens (including phenoxy) is 1. The summed E-state index contributed by atoms with van der Waals surface area (Å²) < 4.78 is 5.50. The van der Waals surface area contributed by atoms with Crippen molar-refractivity contribution in [1.29, 1.82) is 0 Å². The van der Waals surface area contributed by atoms with Gasteiger partial charge in [0, 0.05) is 19.1 Å². The van der Waals surface area contributed by atoms with Crippen LogP contribution in [0.25, 0.3) is 0 Å². The number of hydrogen-bond donors (Lipinski definition) is 2. The van der Waals surface area contributed by atoms with Crippen molar-refractivity contribution in [2.45, 2.75) is 45.4 Å². The first-order valence-electron chi connectivity index (χ1n) is 6.17. The van der Waals surface area contributed by atoms with Crippen molar-refractivity contribution in [3.05, 3.63) is 0 Å². The molecule has 1 aliphatic rings. The molecule has 2 N–H and O–H groups in total. The van der Waals surface area contributed by atoms with Crippen LogP contribution in [0.4, 0.5) is 0 Å². The summed E-state index contributed by atoms with van der Waals surface area (Å²) in [5.41, 5.74) is 0. The van der Waals surface area contributed by atoms with E-state index in [1.54, 1.807) is 0 Å². The molecule has 4 atom stereocenters. The van der Waals surface area contributed by atoms with Gasteiger partial charge in [-0.05, 0) is 19.3 Å². The topological polar surface area (TPSA) is 52.7 Å². The maximum absolute atomic E-state index is 9.71. The first-order valence-corrected chi connectivity index (χ1v) is 6.17. The summed E-state index contributed by atoms with van der Waals surface area (Å²) in [7, 11) is 0. The third-order valence-corrected chi connectivity index (χ3v) is 2.90. The Balaban J connectivity index is 2.10. The van der Waals surface area contributed by atoms with Gasteiger partial charge in [0.1, 0.15) is 0 Å². The second kappa shape index (κ2) is 6.55. The Labute approximate surface area is 98.2 Å². The number of β-amino-alcohol motifs (C(OH)–C–C–N with tert-alkyl or cyclic N) is 1. The predicted molar refractivity (Wildman–Crippen MR) is 63.3 cm³/mol. The maximum Gasteiger partial charge on any atom is 0.0900 e. The predicted octanol–water partition coefficient (Wildman–Crippen LogP) is 0.475. The average Bonchev–Trinajstić information content (AvgIpc) is 2.88. The van der Waals surface area contributed by atoms with Crippen molar-refractivity contribution in [3.63, 3.8) is 0 Å². The van der Waals surface area contributed by atoms with E-state index in [0.29, 0.717) is 25.1 Å². The summed E-state index contributed by atoms with van der Waals surface area (Å²) in [6.45, 7) is 8.45. The van der Waals surface area contributed by atoms with Gasteiger partial charge in [-0.25, -0.2) is 0 Å². The zero-order valence-corrected chi connectivity index (χ0v) is 10.6. The van der Waals surface area contributed by atoms with E-state index >= 15 is 0 Å². The lowest BCUT2D eigenvalue weighted by molar-refractivity contribution is -0.0422. The highest BCUT2D eigenvalue weighted by Gasteiger charge is 2.30. The Morgan fingerprint density at radius 2 is 2.06 bits per heavy atom. The minimum atomic E-state index is -0.439. The molecule has 0 aliphatic carbocycles. The van der Waals surface area contributed by atoms with Crippen molar-refractivity contribution < 1.29 is 14.9 Å². The fourth-order valence-corrected chi connectivity index (χ4v) is 1.84. The van der Waals surface area contributed by atoms with Gasteiger partial charge in [-0.1, -0.05) is 13.8 Å². The third-order valence-electron chi connectivity index (χ3n) is 2.90. The molecule has 1 aliphatic heterocycles. The molecule has 16 heavy (non-hydrogen) atoms. The van der Waals surface area contributed by atoms with E-state index in [0.717, 1.165) is 13.0 Å². The highest BCUT2D eigenvalue weighted by molar-refractivity contribution is 4.86. The fourth-order valence-electron chi connectivity index (χ4n) is 1.84. The highest BCUT2D eigenvalue weighted by Crippen LogP contribution is 2.16. The summed E-state index contributed by atoms with van der Waals surface area (Å²) in [5.74, 6) is 0.501. The van der Waals surface area contributed by atoms with Crippen molar-refractivity contribution in [1.82, 2.24) is 4.90 Å². The third kappa shape index (κ3) is 5.25. The minimum Gasteiger partial charge on any atom is -0.394 e. The summed E-state index contributed by atoms with van der Waals surface area (Å²) in [5, 5.41) is 18.8. The summed E-state index contributed by atoms with van der Waals surface area (Å²) in [6, 6.07) is 0.610.